The number of ether oxygens (including phenoxy) is 1. The van der Waals surface area contributed by atoms with Gasteiger partial charge in [0, 0.05) is 25.2 Å². The monoisotopic (exact) mass is 410 g/mol. The number of nitrogens with zero attached hydrogens (tertiary/aromatic N) is 2. The van der Waals surface area contributed by atoms with Crippen molar-refractivity contribution in [2.45, 2.75) is 45.8 Å². The van der Waals surface area contributed by atoms with Crippen molar-refractivity contribution in [2.24, 2.45) is 4.99 Å². The van der Waals surface area contributed by atoms with Crippen LogP contribution in [0, 0.1) is 0 Å². The van der Waals surface area contributed by atoms with Gasteiger partial charge in [0.2, 0.25) is 0 Å². The first-order valence-electron chi connectivity index (χ1n) is 10.9. The lowest BCUT2D eigenvalue weighted by molar-refractivity contribution is 0.221. The van der Waals surface area contributed by atoms with Crippen molar-refractivity contribution in [3.05, 3.63) is 59.2 Å². The number of aliphatic imine (C=N–C) groups is 1. The number of phenols is 1. The summed E-state index contributed by atoms with van der Waals surface area (Å²) in [5, 5.41) is 16.8. The van der Waals surface area contributed by atoms with Crippen molar-refractivity contribution in [1.29, 1.82) is 0 Å². The van der Waals surface area contributed by atoms with Gasteiger partial charge in [-0.25, -0.2) is 4.99 Å². The molecule has 30 heavy (non-hydrogen) atoms. The number of nitrogens with one attached hydrogen (secondary N) is 2. The SMILES string of the molecule is CCNC(=NCc1ccc(CN2CCCCC2)cc1)NCc1cccc(OC)c1O. The number of phenolic OH excluding ortho intramolecular Hbond substituents is 1. The Labute approximate surface area is 180 Å². The fraction of sp³-hybridized carbons (Fsp3) is 0.458. The predicted octanol–water partition coefficient (Wildman–Crippen LogP) is 3.64. The Hall–Kier alpha value is -2.73. The van der Waals surface area contributed by atoms with Gasteiger partial charge in [0.15, 0.2) is 17.5 Å². The van der Waals surface area contributed by atoms with Crippen LogP contribution in [0.1, 0.15) is 42.9 Å². The van der Waals surface area contributed by atoms with Gasteiger partial charge in [-0.2, -0.15) is 0 Å². The van der Waals surface area contributed by atoms with Crippen LogP contribution in [-0.4, -0.2) is 42.7 Å². The number of methoxy groups -OCH3 is 1. The molecular weight excluding hydrogens is 376 g/mol. The summed E-state index contributed by atoms with van der Waals surface area (Å²) in [5.41, 5.74) is 3.31. The number of para-hydroxylation sites is 1. The summed E-state index contributed by atoms with van der Waals surface area (Å²) < 4.78 is 5.18. The zero-order valence-corrected chi connectivity index (χ0v) is 18.2. The van der Waals surface area contributed by atoms with E-state index in [1.54, 1.807) is 13.2 Å². The fourth-order valence-corrected chi connectivity index (χ4v) is 3.69. The van der Waals surface area contributed by atoms with E-state index in [2.05, 4.69) is 44.8 Å². The van der Waals surface area contributed by atoms with E-state index in [0.717, 1.165) is 24.6 Å². The average Bonchev–Trinajstić information content (AvgIpc) is 2.78. The Morgan fingerprint density at radius 2 is 1.77 bits per heavy atom. The topological polar surface area (TPSA) is 69.1 Å². The van der Waals surface area contributed by atoms with Crippen molar-refractivity contribution in [1.82, 2.24) is 15.5 Å². The van der Waals surface area contributed by atoms with Crippen LogP contribution >= 0.6 is 0 Å². The van der Waals surface area contributed by atoms with Gasteiger partial charge in [-0.15, -0.1) is 0 Å². The minimum atomic E-state index is 0.160. The summed E-state index contributed by atoms with van der Waals surface area (Å²) in [6.45, 7) is 7.34. The van der Waals surface area contributed by atoms with E-state index in [0.29, 0.717) is 18.8 Å². The summed E-state index contributed by atoms with van der Waals surface area (Å²) in [6, 6.07) is 14.2. The molecule has 2 aromatic carbocycles. The van der Waals surface area contributed by atoms with E-state index >= 15 is 0 Å². The van der Waals surface area contributed by atoms with Gasteiger partial charge in [0.1, 0.15) is 0 Å². The van der Waals surface area contributed by atoms with E-state index in [9.17, 15) is 5.11 Å². The third-order valence-corrected chi connectivity index (χ3v) is 5.39. The predicted molar refractivity (Wildman–Crippen MR) is 122 cm³/mol. The first kappa shape index (κ1) is 22.0. The van der Waals surface area contributed by atoms with Crippen LogP contribution in [-0.2, 0) is 19.6 Å². The molecule has 1 fully saturated rings. The highest BCUT2D eigenvalue weighted by Gasteiger charge is 2.10. The highest BCUT2D eigenvalue weighted by molar-refractivity contribution is 5.79. The lowest BCUT2D eigenvalue weighted by atomic mass is 10.1. The Kier molecular flexibility index (Phi) is 8.39. The molecule has 0 spiro atoms. The van der Waals surface area contributed by atoms with Crippen LogP contribution in [0.2, 0.25) is 0 Å². The van der Waals surface area contributed by atoms with Gasteiger partial charge in [-0.1, -0.05) is 42.8 Å². The van der Waals surface area contributed by atoms with Crippen molar-refractivity contribution in [2.75, 3.05) is 26.7 Å². The summed E-state index contributed by atoms with van der Waals surface area (Å²) in [4.78, 5) is 7.23. The molecule has 2 aromatic rings. The van der Waals surface area contributed by atoms with E-state index < -0.39 is 0 Å². The first-order chi connectivity index (χ1) is 14.7. The van der Waals surface area contributed by atoms with E-state index in [1.807, 2.05) is 19.1 Å². The van der Waals surface area contributed by atoms with Crippen molar-refractivity contribution >= 4 is 5.96 Å². The fourth-order valence-electron chi connectivity index (χ4n) is 3.69. The molecule has 0 saturated carbocycles. The number of likely N-dealkylation sites (tertiary alicyclic amines) is 1. The molecule has 0 atom stereocenters. The molecule has 1 aliphatic rings. The molecule has 0 aliphatic carbocycles. The molecule has 0 amide bonds. The average molecular weight is 411 g/mol. The summed E-state index contributed by atoms with van der Waals surface area (Å²) >= 11 is 0. The number of rotatable bonds is 8. The van der Waals surface area contributed by atoms with Gasteiger partial charge in [-0.05, 0) is 50.0 Å². The molecule has 6 heteroatoms. The zero-order chi connectivity index (χ0) is 21.2. The molecule has 3 rings (SSSR count). The Balaban J connectivity index is 1.56. The smallest absolute Gasteiger partial charge is 0.191 e. The number of guanidine groups is 1. The van der Waals surface area contributed by atoms with E-state index in [4.69, 9.17) is 4.74 Å². The molecule has 6 nitrogen and oxygen atoms in total. The summed E-state index contributed by atoms with van der Waals surface area (Å²) in [5.74, 6) is 1.35. The lowest BCUT2D eigenvalue weighted by Gasteiger charge is -2.26. The minimum absolute atomic E-state index is 0.160. The van der Waals surface area contributed by atoms with Crippen LogP contribution in [0.5, 0.6) is 11.5 Å². The quantitative estimate of drug-likeness (QED) is 0.458. The molecule has 1 heterocycles. The zero-order valence-electron chi connectivity index (χ0n) is 18.2. The molecule has 0 unspecified atom stereocenters. The number of hydrogen-bond donors (Lipinski definition) is 3. The van der Waals surface area contributed by atoms with Gasteiger partial charge < -0.3 is 20.5 Å². The van der Waals surface area contributed by atoms with Gasteiger partial charge >= 0.3 is 0 Å². The minimum Gasteiger partial charge on any atom is -0.504 e. The van der Waals surface area contributed by atoms with Crippen molar-refractivity contribution in [3.63, 3.8) is 0 Å². The molecule has 1 saturated heterocycles. The maximum Gasteiger partial charge on any atom is 0.191 e. The number of piperidine rings is 1. The van der Waals surface area contributed by atoms with Crippen LogP contribution in [0.4, 0.5) is 0 Å². The highest BCUT2D eigenvalue weighted by Crippen LogP contribution is 2.29. The van der Waals surface area contributed by atoms with Crippen LogP contribution in [0.3, 0.4) is 0 Å². The normalized spacial score (nSPS) is 15.1. The molecule has 1 aliphatic heterocycles. The second-order valence-electron chi connectivity index (χ2n) is 7.67. The second kappa shape index (κ2) is 11.5. The largest absolute Gasteiger partial charge is 0.504 e. The standard InChI is InChI=1S/C24H34N4O2/c1-3-25-24(27-17-21-8-7-9-22(30-2)23(21)29)26-16-19-10-12-20(13-11-19)18-28-14-5-4-6-15-28/h7-13,29H,3-6,14-18H2,1-2H3,(H2,25,26,27). The Morgan fingerprint density at radius 3 is 2.47 bits per heavy atom. The summed E-state index contributed by atoms with van der Waals surface area (Å²) in [7, 11) is 1.55. The third kappa shape index (κ3) is 6.39. The Morgan fingerprint density at radius 1 is 1.03 bits per heavy atom. The third-order valence-electron chi connectivity index (χ3n) is 5.39. The molecule has 0 aromatic heterocycles. The van der Waals surface area contributed by atoms with Crippen LogP contribution < -0.4 is 15.4 Å². The second-order valence-corrected chi connectivity index (χ2v) is 7.67. The molecular formula is C24H34N4O2. The molecule has 0 radical (unpaired) electrons. The number of benzene rings is 2. The molecule has 0 bridgehead atoms. The van der Waals surface area contributed by atoms with Gasteiger partial charge in [-0.3, -0.25) is 4.90 Å². The Bertz CT molecular complexity index is 814. The van der Waals surface area contributed by atoms with E-state index in [-0.39, 0.29) is 5.75 Å². The maximum absolute atomic E-state index is 10.3. The summed E-state index contributed by atoms with van der Waals surface area (Å²) in [6.07, 6.45) is 4.01. The molecule has 162 valence electrons. The van der Waals surface area contributed by atoms with Crippen LogP contribution in [0.15, 0.2) is 47.5 Å². The number of hydrogen-bond acceptors (Lipinski definition) is 4. The molecule has 3 N–H and O–H groups in total. The number of aromatic hydroxyl groups is 1. The first-order valence-corrected chi connectivity index (χ1v) is 10.9. The van der Waals surface area contributed by atoms with Crippen LogP contribution in [0.25, 0.3) is 0 Å². The lowest BCUT2D eigenvalue weighted by Crippen LogP contribution is -2.36. The van der Waals surface area contributed by atoms with Gasteiger partial charge in [0.05, 0.1) is 13.7 Å². The van der Waals surface area contributed by atoms with E-state index in [1.165, 1.54) is 43.5 Å². The maximum atomic E-state index is 10.3. The van der Waals surface area contributed by atoms with Crippen molar-refractivity contribution in [3.8, 4) is 11.5 Å². The van der Waals surface area contributed by atoms with Gasteiger partial charge in [0.25, 0.3) is 0 Å². The highest BCUT2D eigenvalue weighted by atomic mass is 16.5. The van der Waals surface area contributed by atoms with Crippen molar-refractivity contribution < 1.29 is 9.84 Å².